The average molecular weight is 567 g/mol. The van der Waals surface area contributed by atoms with E-state index in [-0.39, 0.29) is 0 Å². The van der Waals surface area contributed by atoms with E-state index in [0.29, 0.717) is 0 Å². The molecule has 0 saturated heterocycles. The lowest BCUT2D eigenvalue weighted by Gasteiger charge is -2.09. The minimum Gasteiger partial charge on any atom is -0.242 e. The molecule has 0 spiro atoms. The van der Waals surface area contributed by atoms with Crippen molar-refractivity contribution in [3.8, 4) is 0 Å². The highest BCUT2D eigenvalue weighted by Crippen LogP contribution is 2.24. The van der Waals surface area contributed by atoms with Crippen LogP contribution in [0.3, 0.4) is 0 Å². The SMILES string of the molecule is CCCCCCN=C=C(c1ccccc1)c1ccc(Cc2ccc(C(=C=NCCCCCC)c3ccccc3)cc2)cc1. The predicted molar refractivity (Wildman–Crippen MR) is 186 cm³/mol. The molecular weight excluding hydrogens is 520 g/mol. The Morgan fingerprint density at radius 3 is 1.19 bits per heavy atom. The summed E-state index contributed by atoms with van der Waals surface area (Å²) < 4.78 is 0. The van der Waals surface area contributed by atoms with Gasteiger partial charge in [0.1, 0.15) is 0 Å². The van der Waals surface area contributed by atoms with Crippen LogP contribution in [-0.4, -0.2) is 24.8 Å². The quantitative estimate of drug-likeness (QED) is 0.0952. The second-order valence-electron chi connectivity index (χ2n) is 11.2. The number of rotatable bonds is 16. The van der Waals surface area contributed by atoms with Crippen molar-refractivity contribution in [2.75, 3.05) is 13.1 Å². The molecule has 0 unspecified atom stereocenters. The monoisotopic (exact) mass is 566 g/mol. The summed E-state index contributed by atoms with van der Waals surface area (Å²) in [6.07, 6.45) is 10.6. The molecule has 0 aromatic heterocycles. The van der Waals surface area contributed by atoms with Gasteiger partial charge in [-0.15, -0.1) is 0 Å². The Labute approximate surface area is 259 Å². The van der Waals surface area contributed by atoms with E-state index in [1.165, 1.54) is 49.7 Å². The van der Waals surface area contributed by atoms with Crippen LogP contribution in [0.25, 0.3) is 11.1 Å². The molecule has 4 aromatic carbocycles. The summed E-state index contributed by atoms with van der Waals surface area (Å²) >= 11 is 0. The number of benzene rings is 4. The Kier molecular flexibility index (Phi) is 13.5. The van der Waals surface area contributed by atoms with E-state index in [9.17, 15) is 0 Å². The highest BCUT2D eigenvalue weighted by atomic mass is 14.7. The van der Waals surface area contributed by atoms with Gasteiger partial charge < -0.3 is 0 Å². The fraction of sp³-hybridized carbons (Fsp3) is 0.317. The summed E-state index contributed by atoms with van der Waals surface area (Å²) in [4.78, 5) is 9.33. The normalized spacial score (nSPS) is 10.5. The van der Waals surface area contributed by atoms with Gasteiger partial charge in [-0.1, -0.05) is 162 Å². The van der Waals surface area contributed by atoms with Gasteiger partial charge in [-0.3, -0.25) is 0 Å². The van der Waals surface area contributed by atoms with Crippen LogP contribution in [0.15, 0.2) is 119 Å². The van der Waals surface area contributed by atoms with Crippen LogP contribution in [0.2, 0.25) is 0 Å². The predicted octanol–water partition coefficient (Wildman–Crippen LogP) is 10.6. The van der Waals surface area contributed by atoms with Gasteiger partial charge in [-0.05, 0) is 64.4 Å². The van der Waals surface area contributed by atoms with Crippen molar-refractivity contribution < 1.29 is 0 Å². The first kappa shape index (κ1) is 31.7. The third kappa shape index (κ3) is 10.5. The Bertz CT molecular complexity index is 1370. The van der Waals surface area contributed by atoms with Crippen molar-refractivity contribution in [2.45, 2.75) is 71.6 Å². The Hall–Kier alpha value is -4.22. The van der Waals surface area contributed by atoms with E-state index < -0.39 is 0 Å². The third-order valence-electron chi connectivity index (χ3n) is 7.65. The second-order valence-corrected chi connectivity index (χ2v) is 11.2. The molecule has 4 rings (SSSR count). The maximum absolute atomic E-state index is 4.66. The van der Waals surface area contributed by atoms with Gasteiger partial charge in [0.25, 0.3) is 0 Å². The van der Waals surface area contributed by atoms with E-state index in [0.717, 1.165) is 65.8 Å². The topological polar surface area (TPSA) is 24.7 Å². The lowest BCUT2D eigenvalue weighted by atomic mass is 9.95. The van der Waals surface area contributed by atoms with Crippen LogP contribution in [0.5, 0.6) is 0 Å². The largest absolute Gasteiger partial charge is 0.242 e. The van der Waals surface area contributed by atoms with Gasteiger partial charge in [0.15, 0.2) is 0 Å². The molecule has 0 amide bonds. The Morgan fingerprint density at radius 2 is 0.814 bits per heavy atom. The summed E-state index contributed by atoms with van der Waals surface area (Å²) in [5.41, 5.74) is 9.27. The zero-order valence-electron chi connectivity index (χ0n) is 26.1. The summed E-state index contributed by atoms with van der Waals surface area (Å²) in [7, 11) is 0. The Balaban J connectivity index is 1.48. The zero-order chi connectivity index (χ0) is 30.0. The number of nitrogens with zero attached hydrogens (tertiary/aromatic N) is 2. The molecule has 4 aromatic rings. The van der Waals surface area contributed by atoms with Crippen molar-refractivity contribution in [2.24, 2.45) is 9.98 Å². The van der Waals surface area contributed by atoms with Crippen LogP contribution >= 0.6 is 0 Å². The zero-order valence-corrected chi connectivity index (χ0v) is 26.1. The molecule has 220 valence electrons. The van der Waals surface area contributed by atoms with Crippen LogP contribution in [0.1, 0.15) is 98.6 Å². The highest BCUT2D eigenvalue weighted by Gasteiger charge is 2.08. The molecule has 0 saturated carbocycles. The highest BCUT2D eigenvalue weighted by molar-refractivity contribution is 5.99. The molecule has 43 heavy (non-hydrogen) atoms. The molecular formula is C41H46N2. The molecule has 0 heterocycles. The first-order valence-electron chi connectivity index (χ1n) is 16.2. The van der Waals surface area contributed by atoms with Gasteiger partial charge in [0.05, 0.1) is 11.1 Å². The standard InChI is InChI=1S/C41H46N2/c1-3-5-7-15-29-42-32-40(36-17-11-9-12-18-36)38-25-21-34(22-26-38)31-35-23-27-39(28-24-35)41(37-19-13-10-14-20-37)33-43-30-16-8-6-4-2/h9-14,17-28H,3-8,15-16,29-31H2,1-2H3. The molecule has 2 heteroatoms. The van der Waals surface area contributed by atoms with Gasteiger partial charge >= 0.3 is 0 Å². The number of aliphatic imine (C=N–C) groups is 2. The Morgan fingerprint density at radius 1 is 0.442 bits per heavy atom. The van der Waals surface area contributed by atoms with Crippen LogP contribution < -0.4 is 0 Å². The first-order chi connectivity index (χ1) is 21.3. The molecule has 0 bridgehead atoms. The van der Waals surface area contributed by atoms with Crippen molar-refractivity contribution in [3.63, 3.8) is 0 Å². The first-order valence-corrected chi connectivity index (χ1v) is 16.2. The van der Waals surface area contributed by atoms with Crippen LogP contribution in [0.4, 0.5) is 0 Å². The second kappa shape index (κ2) is 18.3. The van der Waals surface area contributed by atoms with E-state index in [1.54, 1.807) is 0 Å². The van der Waals surface area contributed by atoms with Crippen LogP contribution in [0, 0.1) is 0 Å². The van der Waals surface area contributed by atoms with E-state index in [1.807, 2.05) is 0 Å². The molecule has 0 aliphatic heterocycles. The smallest absolute Gasteiger partial charge is 0.0500 e. The molecule has 0 aliphatic rings. The average Bonchev–Trinajstić information content (AvgIpc) is 3.06. The lowest BCUT2D eigenvalue weighted by Crippen LogP contribution is -1.94. The fourth-order valence-electron chi connectivity index (χ4n) is 5.12. The lowest BCUT2D eigenvalue weighted by molar-refractivity contribution is 0.676. The van der Waals surface area contributed by atoms with Crippen molar-refractivity contribution in [1.29, 1.82) is 0 Å². The summed E-state index contributed by atoms with van der Waals surface area (Å²) in [5.74, 6) is 6.76. The molecule has 0 N–H and O–H groups in total. The van der Waals surface area contributed by atoms with Crippen molar-refractivity contribution >= 4 is 22.9 Å². The third-order valence-corrected chi connectivity index (χ3v) is 7.65. The van der Waals surface area contributed by atoms with Gasteiger partial charge in [-0.25, -0.2) is 9.98 Å². The molecule has 0 radical (unpaired) electrons. The molecule has 0 aliphatic carbocycles. The van der Waals surface area contributed by atoms with Crippen LogP contribution in [-0.2, 0) is 6.42 Å². The van der Waals surface area contributed by atoms with Crippen molar-refractivity contribution in [1.82, 2.24) is 0 Å². The summed E-state index contributed by atoms with van der Waals surface area (Å²) in [6.45, 7) is 6.14. The molecule has 2 nitrogen and oxygen atoms in total. The molecule has 0 atom stereocenters. The number of hydrogen-bond donors (Lipinski definition) is 0. The van der Waals surface area contributed by atoms with Gasteiger partial charge in [0.2, 0.25) is 0 Å². The fourth-order valence-corrected chi connectivity index (χ4v) is 5.12. The van der Waals surface area contributed by atoms with Crippen molar-refractivity contribution in [3.05, 3.63) is 143 Å². The van der Waals surface area contributed by atoms with Gasteiger partial charge in [-0.2, -0.15) is 0 Å². The minimum absolute atomic E-state index is 0.830. The maximum atomic E-state index is 4.66. The minimum atomic E-state index is 0.830. The summed E-state index contributed by atoms with van der Waals surface area (Å²) in [6, 6.07) is 38.7. The van der Waals surface area contributed by atoms with E-state index in [2.05, 4.69) is 145 Å². The summed E-state index contributed by atoms with van der Waals surface area (Å²) in [5, 5.41) is 0. The van der Waals surface area contributed by atoms with Gasteiger partial charge in [0, 0.05) is 13.1 Å². The van der Waals surface area contributed by atoms with E-state index >= 15 is 0 Å². The maximum Gasteiger partial charge on any atom is 0.0500 e. The number of unbranched alkanes of at least 4 members (excludes halogenated alkanes) is 6. The number of hydrogen-bond acceptors (Lipinski definition) is 2. The van der Waals surface area contributed by atoms with E-state index in [4.69, 9.17) is 0 Å². The molecule has 0 fully saturated rings.